The van der Waals surface area contributed by atoms with Crippen LogP contribution in [0.4, 0.5) is 0 Å². The normalized spacial score (nSPS) is 31.2. The number of piperidine rings is 1. The van der Waals surface area contributed by atoms with Gasteiger partial charge in [0.1, 0.15) is 0 Å². The zero-order chi connectivity index (χ0) is 12.7. The van der Waals surface area contributed by atoms with Crippen molar-refractivity contribution in [3.8, 4) is 0 Å². The Labute approximate surface area is 113 Å². The lowest BCUT2D eigenvalue weighted by molar-refractivity contribution is 0.174. The third-order valence-electron chi connectivity index (χ3n) is 4.96. The zero-order valence-electron chi connectivity index (χ0n) is 12.3. The van der Waals surface area contributed by atoms with Gasteiger partial charge in [-0.3, -0.25) is 0 Å². The Hall–Kier alpha value is -0.0800. The summed E-state index contributed by atoms with van der Waals surface area (Å²) in [5.74, 6) is 0. The van der Waals surface area contributed by atoms with Gasteiger partial charge in [0.05, 0.1) is 0 Å². The summed E-state index contributed by atoms with van der Waals surface area (Å²) in [6.45, 7) is 6.05. The molecule has 0 aromatic heterocycles. The molecule has 1 heterocycles. The molecular formula is C16H32N2. The first-order valence-corrected chi connectivity index (χ1v) is 8.29. The van der Waals surface area contributed by atoms with Crippen LogP contribution >= 0.6 is 0 Å². The van der Waals surface area contributed by atoms with Crippen LogP contribution < -0.4 is 10.6 Å². The van der Waals surface area contributed by atoms with E-state index in [0.717, 1.165) is 6.04 Å². The average Bonchev–Trinajstić information content (AvgIpc) is 2.67. The van der Waals surface area contributed by atoms with Gasteiger partial charge in [0.15, 0.2) is 0 Å². The van der Waals surface area contributed by atoms with Crippen molar-refractivity contribution in [2.45, 2.75) is 77.2 Å². The van der Waals surface area contributed by atoms with E-state index in [9.17, 15) is 0 Å². The molecule has 1 saturated carbocycles. The van der Waals surface area contributed by atoms with Crippen molar-refractivity contribution in [3.05, 3.63) is 0 Å². The van der Waals surface area contributed by atoms with E-state index in [0.29, 0.717) is 5.41 Å². The highest BCUT2D eigenvalue weighted by Gasteiger charge is 2.31. The van der Waals surface area contributed by atoms with Crippen molar-refractivity contribution in [2.75, 3.05) is 19.6 Å². The molecule has 0 aromatic rings. The van der Waals surface area contributed by atoms with Crippen LogP contribution in [0.3, 0.4) is 0 Å². The smallest absolute Gasteiger partial charge is 0.00673 e. The molecule has 0 radical (unpaired) electrons. The quantitative estimate of drug-likeness (QED) is 0.732. The monoisotopic (exact) mass is 252 g/mol. The zero-order valence-corrected chi connectivity index (χ0v) is 12.3. The minimum atomic E-state index is 0.555. The number of nitrogens with one attached hydrogen (secondary N) is 2. The number of rotatable bonds is 5. The number of hydrogen-bond acceptors (Lipinski definition) is 2. The molecule has 2 fully saturated rings. The Morgan fingerprint density at radius 1 is 1.11 bits per heavy atom. The van der Waals surface area contributed by atoms with E-state index in [1.54, 1.807) is 0 Å². The minimum absolute atomic E-state index is 0.555. The maximum absolute atomic E-state index is 3.92. The van der Waals surface area contributed by atoms with Gasteiger partial charge in [-0.1, -0.05) is 39.0 Å². The van der Waals surface area contributed by atoms with Gasteiger partial charge in [-0.25, -0.2) is 0 Å². The van der Waals surface area contributed by atoms with Crippen molar-refractivity contribution in [1.82, 2.24) is 10.6 Å². The van der Waals surface area contributed by atoms with Crippen molar-refractivity contribution in [2.24, 2.45) is 5.41 Å². The van der Waals surface area contributed by atoms with E-state index in [1.165, 1.54) is 83.8 Å². The minimum Gasteiger partial charge on any atom is -0.316 e. The molecule has 1 unspecified atom stereocenters. The van der Waals surface area contributed by atoms with E-state index in [4.69, 9.17) is 0 Å². The molecule has 1 atom stereocenters. The summed E-state index contributed by atoms with van der Waals surface area (Å²) in [6.07, 6.45) is 14.1. The van der Waals surface area contributed by atoms with Crippen molar-refractivity contribution >= 4 is 0 Å². The predicted molar refractivity (Wildman–Crippen MR) is 78.9 cm³/mol. The summed E-state index contributed by atoms with van der Waals surface area (Å²) in [7, 11) is 0. The van der Waals surface area contributed by atoms with E-state index < -0.39 is 0 Å². The van der Waals surface area contributed by atoms with Crippen LogP contribution in [-0.4, -0.2) is 25.7 Å². The third-order valence-corrected chi connectivity index (χ3v) is 4.96. The standard InChI is InChI=1S/C16H32N2/c1-2-10-16(11-7-12-17-13-16)14-18-15-8-5-3-4-6-9-15/h15,17-18H,2-14H2,1H3. The van der Waals surface area contributed by atoms with Gasteiger partial charge < -0.3 is 10.6 Å². The first kappa shape index (κ1) is 14.3. The molecule has 0 aromatic carbocycles. The van der Waals surface area contributed by atoms with Gasteiger partial charge in [0.25, 0.3) is 0 Å². The molecule has 0 bridgehead atoms. The second kappa shape index (κ2) is 7.49. The lowest BCUT2D eigenvalue weighted by atomic mass is 9.76. The summed E-state index contributed by atoms with van der Waals surface area (Å²) in [5, 5.41) is 7.54. The van der Waals surface area contributed by atoms with Crippen molar-refractivity contribution in [3.63, 3.8) is 0 Å². The summed E-state index contributed by atoms with van der Waals surface area (Å²) in [5.41, 5.74) is 0.555. The van der Waals surface area contributed by atoms with Gasteiger partial charge in [-0.05, 0) is 44.1 Å². The van der Waals surface area contributed by atoms with E-state index >= 15 is 0 Å². The molecule has 2 heteroatoms. The highest BCUT2D eigenvalue weighted by atomic mass is 15.0. The summed E-state index contributed by atoms with van der Waals surface area (Å²) in [6, 6.07) is 0.808. The molecule has 1 aliphatic heterocycles. The average molecular weight is 252 g/mol. The fourth-order valence-corrected chi connectivity index (χ4v) is 3.86. The number of hydrogen-bond donors (Lipinski definition) is 2. The molecule has 18 heavy (non-hydrogen) atoms. The molecule has 2 aliphatic rings. The second-order valence-electron chi connectivity index (χ2n) is 6.60. The SMILES string of the molecule is CCCC1(CNC2CCCCCC2)CCCNC1. The van der Waals surface area contributed by atoms with Crippen LogP contribution in [0, 0.1) is 5.41 Å². The highest BCUT2D eigenvalue weighted by Crippen LogP contribution is 2.31. The van der Waals surface area contributed by atoms with E-state index in [1.807, 2.05) is 0 Å². The molecular weight excluding hydrogens is 220 g/mol. The maximum Gasteiger partial charge on any atom is 0.00673 e. The van der Waals surface area contributed by atoms with Gasteiger partial charge in [0.2, 0.25) is 0 Å². The van der Waals surface area contributed by atoms with Crippen LogP contribution in [0.15, 0.2) is 0 Å². The Balaban J connectivity index is 1.80. The van der Waals surface area contributed by atoms with E-state index in [2.05, 4.69) is 17.6 Å². The van der Waals surface area contributed by atoms with Crippen LogP contribution in [0.5, 0.6) is 0 Å². The largest absolute Gasteiger partial charge is 0.316 e. The lowest BCUT2D eigenvalue weighted by Crippen LogP contribution is -2.48. The Morgan fingerprint density at radius 3 is 2.50 bits per heavy atom. The van der Waals surface area contributed by atoms with Crippen LogP contribution in [-0.2, 0) is 0 Å². The predicted octanol–water partition coefficient (Wildman–Crippen LogP) is 3.47. The van der Waals surface area contributed by atoms with Gasteiger partial charge in [0, 0.05) is 19.1 Å². The highest BCUT2D eigenvalue weighted by molar-refractivity contribution is 4.88. The van der Waals surface area contributed by atoms with Crippen LogP contribution in [0.25, 0.3) is 0 Å². The molecule has 2 N–H and O–H groups in total. The molecule has 106 valence electrons. The Bertz CT molecular complexity index is 208. The molecule has 0 amide bonds. The Morgan fingerprint density at radius 2 is 1.89 bits per heavy atom. The van der Waals surface area contributed by atoms with E-state index in [-0.39, 0.29) is 0 Å². The Kier molecular flexibility index (Phi) is 5.97. The maximum atomic E-state index is 3.92. The third kappa shape index (κ3) is 4.24. The molecule has 1 saturated heterocycles. The molecule has 2 nitrogen and oxygen atoms in total. The van der Waals surface area contributed by atoms with Crippen molar-refractivity contribution < 1.29 is 0 Å². The topological polar surface area (TPSA) is 24.1 Å². The molecule has 2 rings (SSSR count). The first-order chi connectivity index (χ1) is 8.85. The summed E-state index contributed by atoms with van der Waals surface area (Å²) in [4.78, 5) is 0. The second-order valence-corrected chi connectivity index (χ2v) is 6.60. The van der Waals surface area contributed by atoms with Crippen LogP contribution in [0.2, 0.25) is 0 Å². The van der Waals surface area contributed by atoms with Crippen molar-refractivity contribution in [1.29, 1.82) is 0 Å². The first-order valence-electron chi connectivity index (χ1n) is 8.29. The summed E-state index contributed by atoms with van der Waals surface area (Å²) >= 11 is 0. The fraction of sp³-hybridized carbons (Fsp3) is 1.00. The summed E-state index contributed by atoms with van der Waals surface area (Å²) < 4.78 is 0. The fourth-order valence-electron chi connectivity index (χ4n) is 3.86. The van der Waals surface area contributed by atoms with Gasteiger partial charge in [-0.15, -0.1) is 0 Å². The van der Waals surface area contributed by atoms with Gasteiger partial charge in [-0.2, -0.15) is 0 Å². The molecule has 1 aliphatic carbocycles. The van der Waals surface area contributed by atoms with Crippen LogP contribution in [0.1, 0.15) is 71.1 Å². The van der Waals surface area contributed by atoms with Gasteiger partial charge >= 0.3 is 0 Å². The lowest BCUT2D eigenvalue weighted by Gasteiger charge is -2.39. The molecule has 0 spiro atoms.